The van der Waals surface area contributed by atoms with E-state index >= 15 is 0 Å². The summed E-state index contributed by atoms with van der Waals surface area (Å²) in [6.07, 6.45) is -1.51. The predicted molar refractivity (Wildman–Crippen MR) is 115 cm³/mol. The van der Waals surface area contributed by atoms with Gasteiger partial charge in [-0.05, 0) is 36.1 Å². The van der Waals surface area contributed by atoms with Crippen molar-refractivity contribution >= 4 is 23.0 Å². The van der Waals surface area contributed by atoms with Crippen molar-refractivity contribution in [1.82, 2.24) is 19.5 Å². The van der Waals surface area contributed by atoms with E-state index in [0.29, 0.717) is 42.9 Å². The summed E-state index contributed by atoms with van der Waals surface area (Å²) in [7, 11) is 0. The molecule has 180 valence electrons. The van der Waals surface area contributed by atoms with Crippen molar-refractivity contribution in [3.8, 4) is 6.01 Å². The molecular formula is C21H21F3N6O4. The first-order chi connectivity index (χ1) is 16.1. The molecule has 1 aromatic carbocycles. The number of hydrazone groups is 1. The Hall–Kier alpha value is -3.61. The highest BCUT2D eigenvalue weighted by Crippen LogP contribution is 2.33. The van der Waals surface area contributed by atoms with Gasteiger partial charge in [0.2, 0.25) is 0 Å². The molecule has 0 bridgehead atoms. The first kappa shape index (κ1) is 22.2. The van der Waals surface area contributed by atoms with E-state index in [4.69, 9.17) is 9.15 Å². The van der Waals surface area contributed by atoms with Crippen molar-refractivity contribution in [3.63, 3.8) is 0 Å². The maximum Gasteiger partial charge on any atom is 0.416 e. The molecule has 1 unspecified atom stereocenters. The van der Waals surface area contributed by atoms with E-state index in [1.54, 1.807) is 4.57 Å². The third-order valence-corrected chi connectivity index (χ3v) is 5.87. The van der Waals surface area contributed by atoms with Gasteiger partial charge in [-0.3, -0.25) is 14.5 Å². The van der Waals surface area contributed by atoms with Gasteiger partial charge >= 0.3 is 18.0 Å². The molecule has 0 saturated carbocycles. The van der Waals surface area contributed by atoms with Crippen LogP contribution < -0.4 is 4.74 Å². The highest BCUT2D eigenvalue weighted by Gasteiger charge is 2.41. The summed E-state index contributed by atoms with van der Waals surface area (Å²) in [5.41, 5.74) is -0.886. The Kier molecular flexibility index (Phi) is 5.23. The Labute approximate surface area is 191 Å². The van der Waals surface area contributed by atoms with Gasteiger partial charge in [0.25, 0.3) is 0 Å². The number of benzene rings is 1. The van der Waals surface area contributed by atoms with Crippen molar-refractivity contribution in [2.45, 2.75) is 25.2 Å². The van der Waals surface area contributed by atoms with Crippen LogP contribution in [0.3, 0.4) is 0 Å². The van der Waals surface area contributed by atoms with Crippen molar-refractivity contribution in [2.75, 3.05) is 32.7 Å². The van der Waals surface area contributed by atoms with Crippen LogP contribution in [-0.4, -0.2) is 68.9 Å². The summed E-state index contributed by atoms with van der Waals surface area (Å²) in [6.45, 7) is 5.82. The molecule has 4 heterocycles. The lowest BCUT2D eigenvalue weighted by molar-refractivity contribution is -0.389. The Bertz CT molecular complexity index is 1240. The van der Waals surface area contributed by atoms with Crippen molar-refractivity contribution in [3.05, 3.63) is 51.9 Å². The lowest BCUT2D eigenvalue weighted by Crippen LogP contribution is -2.51. The minimum atomic E-state index is -4.40. The Balaban J connectivity index is 1.15. The van der Waals surface area contributed by atoms with E-state index in [2.05, 4.69) is 15.0 Å². The second-order valence-corrected chi connectivity index (χ2v) is 8.69. The highest BCUT2D eigenvalue weighted by atomic mass is 19.4. The number of fused-ring (bicyclic) bond motifs is 2. The molecule has 0 spiro atoms. The van der Waals surface area contributed by atoms with E-state index in [0.717, 1.165) is 25.2 Å². The van der Waals surface area contributed by atoms with Gasteiger partial charge in [0.15, 0.2) is 0 Å². The Morgan fingerprint density at radius 2 is 2.03 bits per heavy atom. The molecule has 1 saturated heterocycles. The molecule has 0 amide bonds. The number of imidazole rings is 1. The van der Waals surface area contributed by atoms with Crippen LogP contribution in [-0.2, 0) is 12.7 Å². The van der Waals surface area contributed by atoms with Gasteiger partial charge in [-0.15, -0.1) is 0 Å². The zero-order valence-electron chi connectivity index (χ0n) is 18.2. The van der Waals surface area contributed by atoms with Crippen molar-refractivity contribution in [2.24, 2.45) is 5.10 Å². The van der Waals surface area contributed by atoms with Crippen molar-refractivity contribution < 1.29 is 27.2 Å². The van der Waals surface area contributed by atoms with Gasteiger partial charge in [0.05, 0.1) is 18.3 Å². The number of piperazine rings is 1. The Morgan fingerprint density at radius 3 is 2.71 bits per heavy atom. The number of hydrogen-bond donors (Lipinski definition) is 0. The zero-order chi connectivity index (χ0) is 24.1. The monoisotopic (exact) mass is 478 g/mol. The summed E-state index contributed by atoms with van der Waals surface area (Å²) in [5, 5.41) is 17.5. The molecule has 1 fully saturated rings. The topological polar surface area (TPSA) is 102 Å². The first-order valence-corrected chi connectivity index (χ1v) is 10.6. The number of nitrogens with zero attached hydrogens (tertiary/aromatic N) is 6. The SMILES string of the molecule is CC1(CN2CCN(N=Cc3cc4cc(C(F)(F)F)ccc4o3)CC2)Cn2cc([N+](=O)[O-])nc2O1. The average molecular weight is 478 g/mol. The summed E-state index contributed by atoms with van der Waals surface area (Å²) >= 11 is 0. The summed E-state index contributed by atoms with van der Waals surface area (Å²) in [4.78, 5) is 16.4. The minimum Gasteiger partial charge on any atom is -0.455 e. The third-order valence-electron chi connectivity index (χ3n) is 5.87. The van der Waals surface area contributed by atoms with E-state index in [9.17, 15) is 23.3 Å². The van der Waals surface area contributed by atoms with Crippen LogP contribution in [0.4, 0.5) is 19.0 Å². The zero-order valence-corrected chi connectivity index (χ0v) is 18.2. The number of rotatable bonds is 5. The maximum absolute atomic E-state index is 12.9. The number of hydrogen-bond acceptors (Lipinski definition) is 8. The number of ether oxygens (including phenoxy) is 1. The molecule has 34 heavy (non-hydrogen) atoms. The van der Waals surface area contributed by atoms with Gasteiger partial charge in [0, 0.05) is 43.1 Å². The number of nitro groups is 1. The summed E-state index contributed by atoms with van der Waals surface area (Å²) in [6, 6.07) is 5.16. The van der Waals surface area contributed by atoms with Gasteiger partial charge in [-0.25, -0.2) is 0 Å². The smallest absolute Gasteiger partial charge is 0.416 e. The molecular weight excluding hydrogens is 457 g/mol. The predicted octanol–water partition coefficient (Wildman–Crippen LogP) is 3.36. The molecule has 0 N–H and O–H groups in total. The van der Waals surface area contributed by atoms with Crippen LogP contribution in [0.15, 0.2) is 40.0 Å². The largest absolute Gasteiger partial charge is 0.455 e. The molecule has 10 nitrogen and oxygen atoms in total. The van der Waals surface area contributed by atoms with Gasteiger partial charge < -0.3 is 19.3 Å². The van der Waals surface area contributed by atoms with Crippen LogP contribution in [0.1, 0.15) is 18.2 Å². The quantitative estimate of drug-likeness (QED) is 0.315. The van der Waals surface area contributed by atoms with Gasteiger partial charge in [-0.1, -0.05) is 0 Å². The van der Waals surface area contributed by atoms with Crippen LogP contribution in [0.25, 0.3) is 11.0 Å². The first-order valence-electron chi connectivity index (χ1n) is 10.6. The normalized spacial score (nSPS) is 21.4. The summed E-state index contributed by atoms with van der Waals surface area (Å²) < 4.78 is 51.8. The van der Waals surface area contributed by atoms with Gasteiger partial charge in [-0.2, -0.15) is 18.3 Å². The van der Waals surface area contributed by atoms with E-state index in [1.165, 1.54) is 24.5 Å². The lowest BCUT2D eigenvalue weighted by atomic mass is 10.1. The summed E-state index contributed by atoms with van der Waals surface area (Å²) in [5.74, 6) is 0.154. The fraction of sp³-hybridized carbons (Fsp3) is 0.429. The molecule has 1 atom stereocenters. The molecule has 2 aliphatic rings. The van der Waals surface area contributed by atoms with Crippen molar-refractivity contribution in [1.29, 1.82) is 0 Å². The number of aromatic nitrogens is 2. The second-order valence-electron chi connectivity index (χ2n) is 8.69. The van der Waals surface area contributed by atoms with Crippen LogP contribution in [0.5, 0.6) is 6.01 Å². The number of halogens is 3. The van der Waals surface area contributed by atoms with E-state index < -0.39 is 22.3 Å². The maximum atomic E-state index is 12.9. The Morgan fingerprint density at radius 1 is 1.26 bits per heavy atom. The lowest BCUT2D eigenvalue weighted by Gasteiger charge is -2.36. The van der Waals surface area contributed by atoms with E-state index in [1.807, 2.05) is 11.9 Å². The molecule has 0 aliphatic carbocycles. The fourth-order valence-electron chi connectivity index (χ4n) is 4.29. The minimum absolute atomic E-state index is 0.228. The average Bonchev–Trinajstić information content (AvgIpc) is 3.43. The van der Waals surface area contributed by atoms with Gasteiger partial charge in [0.1, 0.15) is 23.1 Å². The standard InChI is InChI=1S/C21H21F3N6O4/c1-20(13-28-11-18(30(31)32)26-19(28)34-20)12-27-4-6-29(7-5-27)25-10-16-9-14-8-15(21(22,23)24)2-3-17(14)33-16/h2-3,8-11H,4-7,12-13H2,1H3. The molecule has 13 heteroatoms. The highest BCUT2D eigenvalue weighted by molar-refractivity contribution is 5.87. The molecule has 0 radical (unpaired) electrons. The fourth-order valence-corrected chi connectivity index (χ4v) is 4.29. The molecule has 5 rings (SSSR count). The second kappa shape index (κ2) is 8.01. The van der Waals surface area contributed by atoms with Crippen LogP contribution in [0, 0.1) is 10.1 Å². The molecule has 3 aromatic rings. The van der Waals surface area contributed by atoms with E-state index in [-0.39, 0.29) is 11.8 Å². The van der Waals surface area contributed by atoms with Crippen LogP contribution >= 0.6 is 0 Å². The molecule has 2 aromatic heterocycles. The van der Waals surface area contributed by atoms with Crippen LogP contribution in [0.2, 0.25) is 0 Å². The third kappa shape index (κ3) is 4.42. The molecule has 2 aliphatic heterocycles. The number of furan rings is 1. The number of alkyl halides is 3.